The molecule has 1 amide bonds. The number of rotatable bonds is 7. The van der Waals surface area contributed by atoms with E-state index in [0.29, 0.717) is 25.2 Å². The highest BCUT2D eigenvalue weighted by molar-refractivity contribution is 7.90. The molecule has 2 aliphatic heterocycles. The minimum Gasteiger partial charge on any atom is -0.369 e. The van der Waals surface area contributed by atoms with Gasteiger partial charge in [-0.15, -0.1) is 0 Å². The van der Waals surface area contributed by atoms with Gasteiger partial charge in [0, 0.05) is 38.4 Å². The van der Waals surface area contributed by atoms with Crippen molar-refractivity contribution in [3.63, 3.8) is 0 Å². The summed E-state index contributed by atoms with van der Waals surface area (Å²) in [4.78, 5) is 16.7. The Morgan fingerprint density at radius 1 is 0.848 bits per heavy atom. The zero-order chi connectivity index (χ0) is 23.6. The summed E-state index contributed by atoms with van der Waals surface area (Å²) in [5, 5.41) is 0. The highest BCUT2D eigenvalue weighted by atomic mass is 32.2. The number of hydrogen-bond donors (Lipinski definition) is 0. The monoisotopic (exact) mass is 481 g/mol. The molecule has 2 aliphatic rings. The molecule has 0 saturated carbocycles. The van der Waals surface area contributed by atoms with Crippen LogP contribution in [0, 0.1) is 0 Å². The molecule has 1 fully saturated rings. The number of amides is 1. The molecule has 0 radical (unpaired) electrons. The first-order chi connectivity index (χ1) is 15.7. The van der Waals surface area contributed by atoms with Gasteiger partial charge in [-0.3, -0.25) is 9.69 Å². The molecule has 10 heteroatoms. The third-order valence-electron chi connectivity index (χ3n) is 6.16. The molecule has 2 aromatic carbocycles. The van der Waals surface area contributed by atoms with Crippen molar-refractivity contribution in [3.8, 4) is 0 Å². The molecule has 0 aliphatic carbocycles. The molecule has 0 N–H and O–H groups in total. The summed E-state index contributed by atoms with van der Waals surface area (Å²) in [6.07, 6.45) is -2.12. The van der Waals surface area contributed by atoms with E-state index < -0.39 is 27.7 Å². The molecule has 0 aromatic heterocycles. The number of fused-ring (bicyclic) bond motifs is 1. The summed E-state index contributed by atoms with van der Waals surface area (Å²) < 4.78 is 64.9. The predicted molar refractivity (Wildman–Crippen MR) is 119 cm³/mol. The molecule has 2 heterocycles. The Kier molecular flexibility index (Phi) is 6.67. The highest BCUT2D eigenvalue weighted by Gasteiger charge is 2.40. The number of hydrogen-bond acceptors (Lipinski definition) is 5. The van der Waals surface area contributed by atoms with Crippen LogP contribution in [-0.2, 0) is 16.2 Å². The lowest BCUT2D eigenvalue weighted by atomic mass is 10.1. The SMILES string of the molecule is O=C1c2ccccc2S(=O)(=O)N1CCCCCN1CCN(c2cccc(C(F)(F)F)c2)CC1. The van der Waals surface area contributed by atoms with E-state index >= 15 is 0 Å². The molecular formula is C23H26F3N3O3S. The fraction of sp³-hybridized carbons (Fsp3) is 0.435. The topological polar surface area (TPSA) is 60.9 Å². The van der Waals surface area contributed by atoms with E-state index in [4.69, 9.17) is 0 Å². The van der Waals surface area contributed by atoms with Gasteiger partial charge in [0.2, 0.25) is 0 Å². The van der Waals surface area contributed by atoms with Crippen molar-refractivity contribution in [2.75, 3.05) is 44.2 Å². The van der Waals surface area contributed by atoms with E-state index in [2.05, 4.69) is 4.90 Å². The number of nitrogens with zero attached hydrogens (tertiary/aromatic N) is 3. The van der Waals surface area contributed by atoms with Gasteiger partial charge in [0.05, 0.1) is 11.1 Å². The Labute approximate surface area is 191 Å². The van der Waals surface area contributed by atoms with Crippen LogP contribution in [0.4, 0.5) is 18.9 Å². The standard InChI is InChI=1S/C23H26F3N3O3S/c24-23(25,26)18-7-6-8-19(17-18)28-15-13-27(14-16-28)11-4-1-5-12-29-22(30)20-9-2-3-10-21(20)33(29,31)32/h2-3,6-10,17H,1,4-5,11-16H2. The molecule has 0 bridgehead atoms. The molecule has 33 heavy (non-hydrogen) atoms. The molecule has 6 nitrogen and oxygen atoms in total. The van der Waals surface area contributed by atoms with Crippen LogP contribution in [0.5, 0.6) is 0 Å². The van der Waals surface area contributed by atoms with Gasteiger partial charge in [0.1, 0.15) is 4.90 Å². The fourth-order valence-electron chi connectivity index (χ4n) is 4.33. The van der Waals surface area contributed by atoms with Crippen molar-refractivity contribution >= 4 is 21.6 Å². The van der Waals surface area contributed by atoms with Crippen LogP contribution < -0.4 is 4.90 Å². The summed E-state index contributed by atoms with van der Waals surface area (Å²) in [5.74, 6) is -0.462. The minimum absolute atomic E-state index is 0.0774. The Morgan fingerprint density at radius 2 is 1.55 bits per heavy atom. The van der Waals surface area contributed by atoms with Gasteiger partial charge < -0.3 is 4.90 Å². The maximum Gasteiger partial charge on any atom is 0.416 e. The molecular weight excluding hydrogens is 455 g/mol. The molecule has 0 atom stereocenters. The average molecular weight is 482 g/mol. The Bertz CT molecular complexity index is 1110. The molecule has 178 valence electrons. The predicted octanol–water partition coefficient (Wildman–Crippen LogP) is 3.84. The smallest absolute Gasteiger partial charge is 0.369 e. The first kappa shape index (κ1) is 23.6. The third-order valence-corrected chi connectivity index (χ3v) is 8.00. The average Bonchev–Trinajstić information content (AvgIpc) is 2.99. The molecule has 0 spiro atoms. The van der Waals surface area contributed by atoms with E-state index in [1.807, 2.05) is 4.90 Å². The van der Waals surface area contributed by atoms with Gasteiger partial charge in [-0.1, -0.05) is 24.6 Å². The second-order valence-corrected chi connectivity index (χ2v) is 10.1. The first-order valence-electron chi connectivity index (χ1n) is 11.0. The van der Waals surface area contributed by atoms with Crippen LogP contribution in [0.2, 0.25) is 0 Å². The zero-order valence-electron chi connectivity index (χ0n) is 18.1. The number of carbonyl (C=O) groups excluding carboxylic acids is 1. The van der Waals surface area contributed by atoms with Gasteiger partial charge in [-0.25, -0.2) is 12.7 Å². The van der Waals surface area contributed by atoms with Crippen LogP contribution in [0.3, 0.4) is 0 Å². The van der Waals surface area contributed by atoms with Crippen LogP contribution in [0.25, 0.3) is 0 Å². The molecule has 1 saturated heterocycles. The van der Waals surface area contributed by atoms with Crippen LogP contribution in [0.1, 0.15) is 35.2 Å². The van der Waals surface area contributed by atoms with E-state index in [0.717, 1.165) is 42.8 Å². The summed E-state index contributed by atoms with van der Waals surface area (Å²) in [6.45, 7) is 3.81. The number of carbonyl (C=O) groups is 1. The van der Waals surface area contributed by atoms with Gasteiger partial charge in [-0.2, -0.15) is 13.2 Å². The summed E-state index contributed by atoms with van der Waals surface area (Å²) in [5.41, 5.74) is 0.183. The van der Waals surface area contributed by atoms with E-state index in [9.17, 15) is 26.4 Å². The van der Waals surface area contributed by atoms with Gasteiger partial charge in [0.25, 0.3) is 15.9 Å². The molecule has 4 rings (SSSR count). The second kappa shape index (κ2) is 9.34. The van der Waals surface area contributed by atoms with Crippen molar-refractivity contribution in [2.24, 2.45) is 0 Å². The first-order valence-corrected chi connectivity index (χ1v) is 12.4. The van der Waals surface area contributed by atoms with Crippen molar-refractivity contribution in [3.05, 3.63) is 59.7 Å². The number of halogens is 3. The molecule has 2 aromatic rings. The molecule has 0 unspecified atom stereocenters. The maximum atomic E-state index is 12.9. The summed E-state index contributed by atoms with van der Waals surface area (Å²) in [7, 11) is -3.75. The van der Waals surface area contributed by atoms with Crippen LogP contribution in [0.15, 0.2) is 53.4 Å². The second-order valence-electron chi connectivity index (χ2n) is 8.32. The third kappa shape index (κ3) is 5.01. The van der Waals surface area contributed by atoms with Crippen LogP contribution >= 0.6 is 0 Å². The quantitative estimate of drug-likeness (QED) is 0.563. The Balaban J connectivity index is 1.19. The van der Waals surface area contributed by atoms with Crippen molar-refractivity contribution < 1.29 is 26.4 Å². The normalized spacial score (nSPS) is 18.6. The number of anilines is 1. The van der Waals surface area contributed by atoms with Gasteiger partial charge in [-0.05, 0) is 49.7 Å². The lowest BCUT2D eigenvalue weighted by Gasteiger charge is -2.36. The Morgan fingerprint density at radius 3 is 2.24 bits per heavy atom. The van der Waals surface area contributed by atoms with E-state index in [1.54, 1.807) is 18.2 Å². The van der Waals surface area contributed by atoms with Crippen molar-refractivity contribution in [2.45, 2.75) is 30.3 Å². The number of sulfonamides is 1. The lowest BCUT2D eigenvalue weighted by Crippen LogP contribution is -2.46. The highest BCUT2D eigenvalue weighted by Crippen LogP contribution is 2.32. The summed E-state index contributed by atoms with van der Waals surface area (Å²) >= 11 is 0. The van der Waals surface area contributed by atoms with Crippen LogP contribution in [-0.4, -0.2) is 62.8 Å². The van der Waals surface area contributed by atoms with E-state index in [1.165, 1.54) is 24.3 Å². The van der Waals surface area contributed by atoms with Gasteiger partial charge in [0.15, 0.2) is 0 Å². The Hall–Kier alpha value is -2.59. The zero-order valence-corrected chi connectivity index (χ0v) is 18.9. The maximum absolute atomic E-state index is 12.9. The van der Waals surface area contributed by atoms with E-state index in [-0.39, 0.29) is 17.0 Å². The number of alkyl halides is 3. The van der Waals surface area contributed by atoms with Gasteiger partial charge >= 0.3 is 6.18 Å². The number of benzene rings is 2. The minimum atomic E-state index is -4.35. The van der Waals surface area contributed by atoms with Crippen molar-refractivity contribution in [1.29, 1.82) is 0 Å². The summed E-state index contributed by atoms with van der Waals surface area (Å²) in [6, 6.07) is 11.7. The van der Waals surface area contributed by atoms with Crippen molar-refractivity contribution in [1.82, 2.24) is 9.21 Å². The number of piperazine rings is 1. The largest absolute Gasteiger partial charge is 0.416 e. The fourth-order valence-corrected chi connectivity index (χ4v) is 5.94. The number of unbranched alkanes of at least 4 members (excludes halogenated alkanes) is 2. The lowest BCUT2D eigenvalue weighted by molar-refractivity contribution is -0.137.